The van der Waals surface area contributed by atoms with E-state index in [-0.39, 0.29) is 5.91 Å². The fourth-order valence-corrected chi connectivity index (χ4v) is 3.24. The first-order chi connectivity index (χ1) is 13.1. The Morgan fingerprint density at radius 1 is 1.04 bits per heavy atom. The molecule has 0 unspecified atom stereocenters. The Bertz CT molecular complexity index is 743. The minimum Gasteiger partial charge on any atom is -0.492 e. The summed E-state index contributed by atoms with van der Waals surface area (Å²) in [6.45, 7) is 7.66. The average Bonchev–Trinajstić information content (AvgIpc) is 2.67. The summed E-state index contributed by atoms with van der Waals surface area (Å²) >= 11 is 6.08. The number of halogens is 1. The minimum absolute atomic E-state index is 0.0285. The van der Waals surface area contributed by atoms with E-state index in [0.29, 0.717) is 23.9 Å². The summed E-state index contributed by atoms with van der Waals surface area (Å²) in [5.41, 5.74) is 1.90. The van der Waals surface area contributed by atoms with Crippen LogP contribution in [0.3, 0.4) is 0 Å². The van der Waals surface area contributed by atoms with Crippen molar-refractivity contribution >= 4 is 23.2 Å². The number of carbonyl (C=O) groups is 1. The van der Waals surface area contributed by atoms with Crippen LogP contribution in [-0.4, -0.2) is 61.6 Å². The van der Waals surface area contributed by atoms with Crippen LogP contribution in [0, 0.1) is 6.92 Å². The summed E-state index contributed by atoms with van der Waals surface area (Å²) in [6, 6.07) is 15.4. The molecule has 0 radical (unpaired) electrons. The third-order valence-corrected chi connectivity index (χ3v) is 5.01. The number of nitrogens with one attached hydrogen (secondary N) is 1. The SMILES string of the molecule is Cc1ccc(OCCN2CCN(CC(=O)Nc3ccccc3Cl)CC2)cc1. The van der Waals surface area contributed by atoms with E-state index in [4.69, 9.17) is 16.3 Å². The predicted octanol–water partition coefficient (Wildman–Crippen LogP) is 3.28. The molecular formula is C21H26ClN3O2. The highest BCUT2D eigenvalue weighted by Crippen LogP contribution is 2.20. The first-order valence-corrected chi connectivity index (χ1v) is 9.66. The molecule has 2 aromatic carbocycles. The highest BCUT2D eigenvalue weighted by Gasteiger charge is 2.19. The molecule has 1 saturated heterocycles. The quantitative estimate of drug-likeness (QED) is 0.791. The van der Waals surface area contributed by atoms with Crippen LogP contribution in [0.25, 0.3) is 0 Å². The van der Waals surface area contributed by atoms with Crippen molar-refractivity contribution in [2.75, 3.05) is 51.2 Å². The minimum atomic E-state index is -0.0285. The van der Waals surface area contributed by atoms with Gasteiger partial charge in [0.25, 0.3) is 0 Å². The number of hydrogen-bond donors (Lipinski definition) is 1. The van der Waals surface area contributed by atoms with E-state index in [1.807, 2.05) is 30.3 Å². The van der Waals surface area contributed by atoms with Gasteiger partial charge in [-0.2, -0.15) is 0 Å². The summed E-state index contributed by atoms with van der Waals surface area (Å²) in [5.74, 6) is 0.884. The van der Waals surface area contributed by atoms with Crippen molar-refractivity contribution in [1.29, 1.82) is 0 Å². The molecule has 0 spiro atoms. The lowest BCUT2D eigenvalue weighted by Gasteiger charge is -2.34. The molecule has 1 amide bonds. The maximum absolute atomic E-state index is 12.2. The van der Waals surface area contributed by atoms with E-state index < -0.39 is 0 Å². The van der Waals surface area contributed by atoms with Gasteiger partial charge in [-0.05, 0) is 31.2 Å². The number of anilines is 1. The summed E-state index contributed by atoms with van der Waals surface area (Å²) in [7, 11) is 0. The van der Waals surface area contributed by atoms with Crippen molar-refractivity contribution in [1.82, 2.24) is 9.80 Å². The van der Waals surface area contributed by atoms with Crippen molar-refractivity contribution in [2.24, 2.45) is 0 Å². The lowest BCUT2D eigenvalue weighted by atomic mass is 10.2. The topological polar surface area (TPSA) is 44.8 Å². The Morgan fingerprint density at radius 2 is 1.70 bits per heavy atom. The van der Waals surface area contributed by atoms with E-state index in [9.17, 15) is 4.79 Å². The zero-order valence-corrected chi connectivity index (χ0v) is 16.4. The van der Waals surface area contributed by atoms with Crippen LogP contribution in [0.15, 0.2) is 48.5 Å². The molecule has 0 aliphatic carbocycles. The van der Waals surface area contributed by atoms with Gasteiger partial charge in [-0.1, -0.05) is 41.4 Å². The molecule has 0 bridgehead atoms. The summed E-state index contributed by atoms with van der Waals surface area (Å²) in [4.78, 5) is 16.8. The van der Waals surface area contributed by atoms with Gasteiger partial charge < -0.3 is 10.1 Å². The number of ether oxygens (including phenoxy) is 1. The fraction of sp³-hybridized carbons (Fsp3) is 0.381. The molecular weight excluding hydrogens is 362 g/mol. The third kappa shape index (κ3) is 6.24. The Kier molecular flexibility index (Phi) is 7.10. The van der Waals surface area contributed by atoms with Gasteiger partial charge in [0.1, 0.15) is 12.4 Å². The van der Waals surface area contributed by atoms with Crippen molar-refractivity contribution in [2.45, 2.75) is 6.92 Å². The van der Waals surface area contributed by atoms with Crippen LogP contribution >= 0.6 is 11.6 Å². The van der Waals surface area contributed by atoms with Gasteiger partial charge >= 0.3 is 0 Å². The monoisotopic (exact) mass is 387 g/mol. The molecule has 1 N–H and O–H groups in total. The van der Waals surface area contributed by atoms with E-state index in [2.05, 4.69) is 34.2 Å². The average molecular weight is 388 g/mol. The lowest BCUT2D eigenvalue weighted by Crippen LogP contribution is -2.49. The molecule has 2 aromatic rings. The van der Waals surface area contributed by atoms with E-state index in [0.717, 1.165) is 38.5 Å². The number of rotatable bonds is 7. The van der Waals surface area contributed by atoms with Gasteiger partial charge in [0.2, 0.25) is 5.91 Å². The number of aryl methyl sites for hydroxylation is 1. The van der Waals surface area contributed by atoms with Crippen molar-refractivity contribution in [3.8, 4) is 5.75 Å². The Morgan fingerprint density at radius 3 is 2.41 bits per heavy atom. The Labute approximate surface area is 165 Å². The molecule has 0 saturated carbocycles. The predicted molar refractivity (Wildman–Crippen MR) is 110 cm³/mol. The largest absolute Gasteiger partial charge is 0.492 e. The maximum atomic E-state index is 12.2. The van der Waals surface area contributed by atoms with Gasteiger partial charge in [0.15, 0.2) is 0 Å². The second kappa shape index (κ2) is 9.74. The first kappa shape index (κ1) is 19.7. The second-order valence-corrected chi connectivity index (χ2v) is 7.21. The van der Waals surface area contributed by atoms with Crippen molar-refractivity contribution in [3.63, 3.8) is 0 Å². The van der Waals surface area contributed by atoms with Gasteiger partial charge in [-0.3, -0.25) is 14.6 Å². The summed E-state index contributed by atoms with van der Waals surface area (Å²) in [6.07, 6.45) is 0. The number of para-hydroxylation sites is 1. The van der Waals surface area contributed by atoms with E-state index in [1.54, 1.807) is 6.07 Å². The zero-order chi connectivity index (χ0) is 19.1. The maximum Gasteiger partial charge on any atom is 0.238 e. The standard InChI is InChI=1S/C21H26ClN3O2/c1-17-6-8-18(9-7-17)27-15-14-24-10-12-25(13-11-24)16-21(26)23-20-5-3-2-4-19(20)22/h2-9H,10-16H2,1H3,(H,23,26). The molecule has 3 rings (SSSR count). The number of hydrogen-bond acceptors (Lipinski definition) is 4. The van der Waals surface area contributed by atoms with Crippen molar-refractivity contribution < 1.29 is 9.53 Å². The highest BCUT2D eigenvalue weighted by molar-refractivity contribution is 6.33. The third-order valence-electron chi connectivity index (χ3n) is 4.68. The molecule has 6 heteroatoms. The van der Waals surface area contributed by atoms with E-state index >= 15 is 0 Å². The normalized spacial score (nSPS) is 15.5. The van der Waals surface area contributed by atoms with Gasteiger partial charge in [-0.25, -0.2) is 0 Å². The molecule has 144 valence electrons. The molecule has 1 aliphatic rings. The molecule has 1 heterocycles. The molecule has 0 atom stereocenters. The molecule has 27 heavy (non-hydrogen) atoms. The van der Waals surface area contributed by atoms with Gasteiger partial charge in [0, 0.05) is 32.7 Å². The second-order valence-electron chi connectivity index (χ2n) is 6.81. The Balaban J connectivity index is 1.34. The van der Waals surface area contributed by atoms with Crippen LogP contribution in [0.5, 0.6) is 5.75 Å². The first-order valence-electron chi connectivity index (χ1n) is 9.29. The Hall–Kier alpha value is -2.08. The molecule has 5 nitrogen and oxygen atoms in total. The van der Waals surface area contributed by atoms with Crippen molar-refractivity contribution in [3.05, 3.63) is 59.1 Å². The number of carbonyl (C=O) groups excluding carboxylic acids is 1. The van der Waals surface area contributed by atoms with Gasteiger partial charge in [-0.15, -0.1) is 0 Å². The number of benzene rings is 2. The summed E-state index contributed by atoms with van der Waals surface area (Å²) < 4.78 is 5.80. The lowest BCUT2D eigenvalue weighted by molar-refractivity contribution is -0.117. The fourth-order valence-electron chi connectivity index (χ4n) is 3.05. The molecule has 0 aromatic heterocycles. The van der Waals surface area contributed by atoms with Gasteiger partial charge in [0.05, 0.1) is 17.3 Å². The smallest absolute Gasteiger partial charge is 0.238 e. The van der Waals surface area contributed by atoms with Crippen LogP contribution in [0.1, 0.15) is 5.56 Å². The molecule has 1 fully saturated rings. The van der Waals surface area contributed by atoms with Crippen LogP contribution < -0.4 is 10.1 Å². The van der Waals surface area contributed by atoms with Crippen LogP contribution in [0.4, 0.5) is 5.69 Å². The highest BCUT2D eigenvalue weighted by atomic mass is 35.5. The molecule has 1 aliphatic heterocycles. The van der Waals surface area contributed by atoms with E-state index in [1.165, 1.54) is 5.56 Å². The van der Waals surface area contributed by atoms with Crippen LogP contribution in [0.2, 0.25) is 5.02 Å². The number of nitrogens with zero attached hydrogens (tertiary/aromatic N) is 2. The zero-order valence-electron chi connectivity index (χ0n) is 15.7. The van der Waals surface area contributed by atoms with Crippen LogP contribution in [-0.2, 0) is 4.79 Å². The summed E-state index contributed by atoms with van der Waals surface area (Å²) in [5, 5.41) is 3.44. The number of piperazine rings is 1. The number of amides is 1.